The number of rotatable bonds is 9. The highest BCUT2D eigenvalue weighted by molar-refractivity contribution is 7.18. The van der Waals surface area contributed by atoms with Crippen LogP contribution in [0.5, 0.6) is 0 Å². The molecule has 4 aromatic rings. The monoisotopic (exact) mass is 540 g/mol. The lowest BCUT2D eigenvalue weighted by Gasteiger charge is -2.20. The lowest BCUT2D eigenvalue weighted by molar-refractivity contribution is -0.384. The van der Waals surface area contributed by atoms with E-state index in [1.54, 1.807) is 48.1 Å². The molecule has 0 fully saturated rings. The summed E-state index contributed by atoms with van der Waals surface area (Å²) in [5, 5.41) is 25.2. The number of nitro benzene ring substituents is 1. The molecule has 0 aliphatic heterocycles. The maximum absolute atomic E-state index is 13.1. The van der Waals surface area contributed by atoms with Crippen LogP contribution < -0.4 is 10.7 Å². The lowest BCUT2D eigenvalue weighted by atomic mass is 10.1. The summed E-state index contributed by atoms with van der Waals surface area (Å²) in [7, 11) is 3.63. The van der Waals surface area contributed by atoms with E-state index >= 15 is 0 Å². The molecular formula is C26H25ClN4O5S. The SMILES string of the molecule is CN(Cc1cc2c(=O)c(C(=O)NCc3ccc(Cl)cc3)cn(C)c2s1)C[C@H](O)c1ccc([N+](=O)[O-])cc1. The van der Waals surface area contributed by atoms with Crippen LogP contribution in [-0.4, -0.2) is 39.0 Å². The van der Waals surface area contributed by atoms with Gasteiger partial charge in [-0.2, -0.15) is 0 Å². The van der Waals surface area contributed by atoms with E-state index in [2.05, 4.69) is 5.32 Å². The zero-order valence-corrected chi connectivity index (χ0v) is 21.8. The number of pyridine rings is 1. The van der Waals surface area contributed by atoms with Crippen LogP contribution >= 0.6 is 22.9 Å². The van der Waals surface area contributed by atoms with E-state index in [0.29, 0.717) is 29.1 Å². The molecule has 0 spiro atoms. The number of aliphatic hydroxyl groups is 1. The number of hydrogen-bond acceptors (Lipinski definition) is 7. The van der Waals surface area contributed by atoms with Crippen LogP contribution in [0.25, 0.3) is 10.2 Å². The molecule has 2 aromatic carbocycles. The number of aromatic nitrogens is 1. The Balaban J connectivity index is 1.45. The van der Waals surface area contributed by atoms with Crippen LogP contribution in [0, 0.1) is 10.1 Å². The molecule has 0 aliphatic rings. The summed E-state index contributed by atoms with van der Waals surface area (Å²) < 4.78 is 1.77. The third-order valence-electron chi connectivity index (χ3n) is 5.91. The Kier molecular flexibility index (Phi) is 8.03. The maximum atomic E-state index is 13.1. The molecule has 37 heavy (non-hydrogen) atoms. The highest BCUT2D eigenvalue weighted by Crippen LogP contribution is 2.25. The van der Waals surface area contributed by atoms with Gasteiger partial charge in [-0.05, 0) is 48.5 Å². The fourth-order valence-electron chi connectivity index (χ4n) is 3.98. The fraction of sp³-hybridized carbons (Fsp3) is 0.231. The topological polar surface area (TPSA) is 118 Å². The highest BCUT2D eigenvalue weighted by Gasteiger charge is 2.18. The van der Waals surface area contributed by atoms with Crippen LogP contribution in [-0.2, 0) is 20.1 Å². The smallest absolute Gasteiger partial charge is 0.269 e. The Morgan fingerprint density at radius 1 is 1.22 bits per heavy atom. The Hall–Kier alpha value is -3.57. The molecule has 0 saturated heterocycles. The van der Waals surface area contributed by atoms with Gasteiger partial charge >= 0.3 is 0 Å². The van der Waals surface area contributed by atoms with Crippen LogP contribution in [0.4, 0.5) is 5.69 Å². The first-order valence-electron chi connectivity index (χ1n) is 11.4. The number of nitrogens with zero attached hydrogens (tertiary/aromatic N) is 3. The number of non-ortho nitro benzene ring substituents is 1. The van der Waals surface area contributed by atoms with Gasteiger partial charge in [0.1, 0.15) is 10.4 Å². The summed E-state index contributed by atoms with van der Waals surface area (Å²) in [6.07, 6.45) is 0.715. The second-order valence-electron chi connectivity index (χ2n) is 8.78. The number of fused-ring (bicyclic) bond motifs is 1. The van der Waals surface area contributed by atoms with E-state index in [4.69, 9.17) is 11.6 Å². The van der Waals surface area contributed by atoms with Crippen molar-refractivity contribution >= 4 is 44.7 Å². The number of aliphatic hydroxyl groups excluding tert-OH is 1. The Morgan fingerprint density at radius 2 is 1.89 bits per heavy atom. The minimum Gasteiger partial charge on any atom is -0.387 e. The van der Waals surface area contributed by atoms with Crippen LogP contribution in [0.1, 0.15) is 32.5 Å². The predicted octanol–water partition coefficient (Wildman–Crippen LogP) is 4.26. The highest BCUT2D eigenvalue weighted by atomic mass is 35.5. The van der Waals surface area contributed by atoms with Crippen molar-refractivity contribution in [1.82, 2.24) is 14.8 Å². The quantitative estimate of drug-likeness (QED) is 0.242. The van der Waals surface area contributed by atoms with E-state index in [0.717, 1.165) is 15.3 Å². The number of benzene rings is 2. The van der Waals surface area contributed by atoms with Crippen molar-refractivity contribution in [2.24, 2.45) is 7.05 Å². The number of halogens is 1. The number of carbonyl (C=O) groups excluding carboxylic acids is 1. The average molecular weight is 541 g/mol. The summed E-state index contributed by atoms with van der Waals surface area (Å²) in [5.74, 6) is -0.450. The molecule has 0 radical (unpaired) electrons. The van der Waals surface area contributed by atoms with Crippen molar-refractivity contribution in [2.75, 3.05) is 13.6 Å². The molecule has 0 aliphatic carbocycles. The molecule has 9 nitrogen and oxygen atoms in total. The van der Waals surface area contributed by atoms with Gasteiger partial charge in [-0.15, -0.1) is 11.3 Å². The summed E-state index contributed by atoms with van der Waals surface area (Å²) in [5.41, 5.74) is 1.14. The Morgan fingerprint density at radius 3 is 2.54 bits per heavy atom. The third kappa shape index (κ3) is 6.23. The summed E-state index contributed by atoms with van der Waals surface area (Å²) in [6, 6.07) is 14.7. The third-order valence-corrected chi connectivity index (χ3v) is 7.37. The molecule has 11 heteroatoms. The first-order chi connectivity index (χ1) is 17.6. The summed E-state index contributed by atoms with van der Waals surface area (Å²) in [4.78, 5) is 39.8. The Labute approximate surface area is 221 Å². The Bertz CT molecular complexity index is 1500. The number of carbonyl (C=O) groups is 1. The molecule has 2 N–H and O–H groups in total. The van der Waals surface area contributed by atoms with Crippen molar-refractivity contribution in [3.05, 3.63) is 108 Å². The van der Waals surface area contributed by atoms with E-state index in [9.17, 15) is 24.8 Å². The minimum absolute atomic E-state index is 0.0334. The second-order valence-corrected chi connectivity index (χ2v) is 10.3. The first-order valence-corrected chi connectivity index (χ1v) is 12.6. The number of hydrogen-bond donors (Lipinski definition) is 2. The molecule has 0 unspecified atom stereocenters. The van der Waals surface area contributed by atoms with Crippen molar-refractivity contribution in [3.8, 4) is 0 Å². The predicted molar refractivity (Wildman–Crippen MR) is 144 cm³/mol. The minimum atomic E-state index is -0.831. The molecule has 2 heterocycles. The average Bonchev–Trinajstić information content (AvgIpc) is 3.30. The van der Waals surface area contributed by atoms with Gasteiger partial charge in [0.25, 0.3) is 11.6 Å². The van der Waals surface area contributed by atoms with Gasteiger partial charge in [-0.25, -0.2) is 0 Å². The van der Waals surface area contributed by atoms with Gasteiger partial charge in [-0.3, -0.25) is 24.6 Å². The van der Waals surface area contributed by atoms with Gasteiger partial charge < -0.3 is 15.0 Å². The largest absolute Gasteiger partial charge is 0.387 e. The van der Waals surface area contributed by atoms with Gasteiger partial charge in [0.15, 0.2) is 0 Å². The molecule has 0 bridgehead atoms. The first kappa shape index (κ1) is 26.5. The molecule has 192 valence electrons. The van der Waals surface area contributed by atoms with E-state index < -0.39 is 16.9 Å². The van der Waals surface area contributed by atoms with Crippen molar-refractivity contribution in [1.29, 1.82) is 0 Å². The molecule has 0 saturated carbocycles. The van der Waals surface area contributed by atoms with E-state index in [1.165, 1.54) is 23.5 Å². The van der Waals surface area contributed by atoms with Crippen LogP contribution in [0.15, 0.2) is 65.6 Å². The number of amides is 1. The van der Waals surface area contributed by atoms with Gasteiger partial charge in [0.05, 0.1) is 16.4 Å². The van der Waals surface area contributed by atoms with Crippen molar-refractivity contribution in [3.63, 3.8) is 0 Å². The van der Waals surface area contributed by atoms with Gasteiger partial charge in [-0.1, -0.05) is 23.7 Å². The zero-order valence-electron chi connectivity index (χ0n) is 20.2. The lowest BCUT2D eigenvalue weighted by Crippen LogP contribution is -2.29. The molecule has 1 atom stereocenters. The number of likely N-dealkylation sites (N-methyl/N-ethyl adjacent to an activating group) is 1. The number of nitro groups is 1. The standard InChI is InChI=1S/C26H25ClN4O5S/c1-29(15-23(32)17-5-9-19(10-6-17)31(35)36)13-20-11-21-24(33)22(14-30(2)26(21)37-20)25(34)28-12-16-3-7-18(27)8-4-16/h3-11,14,23,32H,12-13,15H2,1-2H3,(H,28,34)/t23-/m0/s1. The number of aryl methyl sites for hydroxylation is 1. The van der Waals surface area contributed by atoms with Gasteiger partial charge in [0.2, 0.25) is 5.43 Å². The molecule has 2 aromatic heterocycles. The van der Waals surface area contributed by atoms with Crippen LogP contribution in [0.2, 0.25) is 5.02 Å². The fourth-order valence-corrected chi connectivity index (χ4v) is 5.28. The van der Waals surface area contributed by atoms with Crippen LogP contribution in [0.3, 0.4) is 0 Å². The zero-order chi connectivity index (χ0) is 26.7. The maximum Gasteiger partial charge on any atom is 0.269 e. The summed E-state index contributed by atoms with van der Waals surface area (Å²) in [6.45, 7) is 1.04. The molecule has 1 amide bonds. The van der Waals surface area contributed by atoms with E-state index in [-0.39, 0.29) is 23.2 Å². The van der Waals surface area contributed by atoms with Gasteiger partial charge in [0, 0.05) is 54.9 Å². The van der Waals surface area contributed by atoms with Crippen molar-refractivity contribution < 1.29 is 14.8 Å². The van der Waals surface area contributed by atoms with Crippen molar-refractivity contribution in [2.45, 2.75) is 19.2 Å². The number of nitrogens with one attached hydrogen (secondary N) is 1. The summed E-state index contributed by atoms with van der Waals surface area (Å²) >= 11 is 7.35. The normalized spacial score (nSPS) is 12.1. The molecule has 4 rings (SSSR count). The number of thiophene rings is 1. The molecular weight excluding hydrogens is 516 g/mol. The second kappa shape index (κ2) is 11.2. The van der Waals surface area contributed by atoms with E-state index in [1.807, 2.05) is 24.1 Å².